The zero-order valence-electron chi connectivity index (χ0n) is 15.0. The van der Waals surface area contributed by atoms with E-state index in [9.17, 15) is 9.59 Å². The summed E-state index contributed by atoms with van der Waals surface area (Å²) in [6, 6.07) is 6.07. The SMILES string of the molecule is CC(=O)NC[C@H]1CN(c2ccc3c(c2)CCCc2cn(C)nc2-3)C(=O)O1. The van der Waals surface area contributed by atoms with Crippen molar-refractivity contribution in [3.05, 3.63) is 35.5 Å². The molecule has 7 heteroatoms. The van der Waals surface area contributed by atoms with Gasteiger partial charge in [0.1, 0.15) is 6.10 Å². The standard InChI is InChI=1S/C19H22N4O3/c1-12(24)20-9-16-11-23(19(25)26-16)15-6-7-17-13(8-15)4-3-5-14-10-22(2)21-18(14)17/h6-8,10,16H,3-5,9,11H2,1-2H3,(H,20,24)/t16-/m0/s1. The maximum atomic E-state index is 12.2. The summed E-state index contributed by atoms with van der Waals surface area (Å²) >= 11 is 0. The quantitative estimate of drug-likeness (QED) is 0.915. The zero-order valence-corrected chi connectivity index (χ0v) is 15.0. The number of rotatable bonds is 3. The summed E-state index contributed by atoms with van der Waals surface area (Å²) in [6.07, 6.45) is 4.42. The molecule has 1 saturated heterocycles. The monoisotopic (exact) mass is 354 g/mol. The molecule has 0 saturated carbocycles. The minimum atomic E-state index is -0.368. The number of aromatic nitrogens is 2. The summed E-state index contributed by atoms with van der Waals surface area (Å²) in [6.45, 7) is 2.22. The van der Waals surface area contributed by atoms with Crippen LogP contribution in [0.3, 0.4) is 0 Å². The van der Waals surface area contributed by atoms with Crippen LogP contribution in [0.25, 0.3) is 11.3 Å². The lowest BCUT2D eigenvalue weighted by Gasteiger charge is -2.16. The van der Waals surface area contributed by atoms with Gasteiger partial charge in [0.15, 0.2) is 0 Å². The second-order valence-corrected chi connectivity index (χ2v) is 6.93. The fourth-order valence-electron chi connectivity index (χ4n) is 3.70. The molecule has 1 fully saturated rings. The minimum absolute atomic E-state index is 0.129. The number of benzene rings is 1. The van der Waals surface area contributed by atoms with Gasteiger partial charge in [-0.2, -0.15) is 5.10 Å². The molecule has 0 bridgehead atoms. The highest BCUT2D eigenvalue weighted by atomic mass is 16.6. The van der Waals surface area contributed by atoms with E-state index in [1.807, 2.05) is 17.8 Å². The van der Waals surface area contributed by atoms with Crippen molar-refractivity contribution in [3.63, 3.8) is 0 Å². The van der Waals surface area contributed by atoms with Crippen LogP contribution in [0.5, 0.6) is 0 Å². The van der Waals surface area contributed by atoms with Crippen LogP contribution in [-0.2, 0) is 29.4 Å². The van der Waals surface area contributed by atoms with Gasteiger partial charge in [-0.1, -0.05) is 6.07 Å². The van der Waals surface area contributed by atoms with Gasteiger partial charge >= 0.3 is 6.09 Å². The van der Waals surface area contributed by atoms with Crippen LogP contribution >= 0.6 is 0 Å². The summed E-state index contributed by atoms with van der Waals surface area (Å²) in [7, 11) is 1.94. The number of nitrogens with one attached hydrogen (secondary N) is 1. The Labute approximate surface area is 151 Å². The van der Waals surface area contributed by atoms with E-state index in [1.54, 1.807) is 4.90 Å². The Morgan fingerprint density at radius 1 is 1.35 bits per heavy atom. The molecular formula is C19H22N4O3. The van der Waals surface area contributed by atoms with Gasteiger partial charge in [0.25, 0.3) is 0 Å². The Morgan fingerprint density at radius 3 is 2.96 bits per heavy atom. The van der Waals surface area contributed by atoms with Gasteiger partial charge < -0.3 is 10.1 Å². The Balaban J connectivity index is 1.59. The van der Waals surface area contributed by atoms with Crippen LogP contribution in [0.2, 0.25) is 0 Å². The average Bonchev–Trinajstić information content (AvgIpc) is 3.11. The molecule has 1 aromatic heterocycles. The highest BCUT2D eigenvalue weighted by Gasteiger charge is 2.33. The minimum Gasteiger partial charge on any atom is -0.442 e. The Kier molecular flexibility index (Phi) is 4.14. The van der Waals surface area contributed by atoms with E-state index in [4.69, 9.17) is 4.74 Å². The number of aryl methyl sites for hydroxylation is 3. The third kappa shape index (κ3) is 3.05. The van der Waals surface area contributed by atoms with Crippen molar-refractivity contribution in [1.29, 1.82) is 0 Å². The van der Waals surface area contributed by atoms with E-state index in [1.165, 1.54) is 18.1 Å². The van der Waals surface area contributed by atoms with E-state index < -0.39 is 0 Å². The number of hydrogen-bond acceptors (Lipinski definition) is 4. The molecule has 1 aliphatic heterocycles. The first kappa shape index (κ1) is 16.6. The van der Waals surface area contributed by atoms with Crippen molar-refractivity contribution >= 4 is 17.7 Å². The molecule has 4 rings (SSSR count). The van der Waals surface area contributed by atoms with Gasteiger partial charge in [-0.25, -0.2) is 4.79 Å². The van der Waals surface area contributed by atoms with E-state index in [2.05, 4.69) is 28.7 Å². The number of nitrogens with zero attached hydrogens (tertiary/aromatic N) is 3. The third-order valence-electron chi connectivity index (χ3n) is 4.91. The molecular weight excluding hydrogens is 332 g/mol. The third-order valence-corrected chi connectivity index (χ3v) is 4.91. The fraction of sp³-hybridized carbons (Fsp3) is 0.421. The van der Waals surface area contributed by atoms with Crippen molar-refractivity contribution in [2.75, 3.05) is 18.0 Å². The lowest BCUT2D eigenvalue weighted by molar-refractivity contribution is -0.119. The number of carbonyl (C=O) groups excluding carboxylic acids is 2. The summed E-state index contributed by atoms with van der Waals surface area (Å²) in [4.78, 5) is 24.9. The molecule has 1 aliphatic carbocycles. The van der Waals surface area contributed by atoms with Gasteiger partial charge in [-0.05, 0) is 42.5 Å². The maximum absolute atomic E-state index is 12.2. The van der Waals surface area contributed by atoms with Crippen LogP contribution < -0.4 is 10.2 Å². The van der Waals surface area contributed by atoms with Crippen molar-refractivity contribution in [2.45, 2.75) is 32.3 Å². The number of hydrogen-bond donors (Lipinski definition) is 1. The first-order valence-corrected chi connectivity index (χ1v) is 8.89. The molecule has 2 amide bonds. The molecule has 0 unspecified atom stereocenters. The first-order chi connectivity index (χ1) is 12.5. The van der Waals surface area contributed by atoms with Gasteiger partial charge in [-0.3, -0.25) is 14.4 Å². The number of ether oxygens (including phenoxy) is 1. The Hall–Kier alpha value is -2.83. The van der Waals surface area contributed by atoms with Crippen LogP contribution in [0.1, 0.15) is 24.5 Å². The lowest BCUT2D eigenvalue weighted by Crippen LogP contribution is -2.33. The molecule has 0 radical (unpaired) electrons. The zero-order chi connectivity index (χ0) is 18.3. The molecule has 1 N–H and O–H groups in total. The highest BCUT2D eigenvalue weighted by molar-refractivity contribution is 5.90. The van der Waals surface area contributed by atoms with Crippen molar-refractivity contribution in [3.8, 4) is 11.3 Å². The van der Waals surface area contributed by atoms with Gasteiger partial charge in [0, 0.05) is 31.4 Å². The van der Waals surface area contributed by atoms with E-state index >= 15 is 0 Å². The Bertz CT molecular complexity index is 874. The molecule has 26 heavy (non-hydrogen) atoms. The lowest BCUT2D eigenvalue weighted by atomic mass is 10.0. The highest BCUT2D eigenvalue weighted by Crippen LogP contribution is 2.34. The predicted molar refractivity (Wildman–Crippen MR) is 97.0 cm³/mol. The molecule has 0 spiro atoms. The molecule has 2 aliphatic rings. The number of fused-ring (bicyclic) bond motifs is 3. The molecule has 2 heterocycles. The fourth-order valence-corrected chi connectivity index (χ4v) is 3.70. The van der Waals surface area contributed by atoms with E-state index in [0.717, 1.165) is 36.2 Å². The topological polar surface area (TPSA) is 76.5 Å². The summed E-state index contributed by atoms with van der Waals surface area (Å²) in [5.41, 5.74) is 5.50. The number of carbonyl (C=O) groups is 2. The predicted octanol–water partition coefficient (Wildman–Crippen LogP) is 2.04. The second-order valence-electron chi connectivity index (χ2n) is 6.93. The van der Waals surface area contributed by atoms with Crippen LogP contribution in [0.15, 0.2) is 24.4 Å². The van der Waals surface area contributed by atoms with Crippen LogP contribution in [-0.4, -0.2) is 41.0 Å². The molecule has 2 aromatic rings. The van der Waals surface area contributed by atoms with Crippen LogP contribution in [0.4, 0.5) is 10.5 Å². The second kappa shape index (κ2) is 6.48. The Morgan fingerprint density at radius 2 is 2.15 bits per heavy atom. The number of amides is 2. The largest absolute Gasteiger partial charge is 0.442 e. The molecule has 136 valence electrons. The molecule has 1 aromatic carbocycles. The number of anilines is 1. The van der Waals surface area contributed by atoms with Gasteiger partial charge in [0.05, 0.1) is 18.8 Å². The molecule has 1 atom stereocenters. The van der Waals surface area contributed by atoms with Crippen molar-refractivity contribution in [2.24, 2.45) is 7.05 Å². The van der Waals surface area contributed by atoms with Gasteiger partial charge in [-0.15, -0.1) is 0 Å². The first-order valence-electron chi connectivity index (χ1n) is 8.89. The number of cyclic esters (lactones) is 1. The smallest absolute Gasteiger partial charge is 0.414 e. The maximum Gasteiger partial charge on any atom is 0.414 e. The average molecular weight is 354 g/mol. The summed E-state index contributed by atoms with van der Waals surface area (Å²) in [5.74, 6) is -0.129. The van der Waals surface area contributed by atoms with Crippen molar-refractivity contribution < 1.29 is 14.3 Å². The van der Waals surface area contributed by atoms with E-state index in [0.29, 0.717) is 13.1 Å². The summed E-state index contributed by atoms with van der Waals surface area (Å²) in [5, 5.41) is 7.32. The van der Waals surface area contributed by atoms with E-state index in [-0.39, 0.29) is 18.1 Å². The van der Waals surface area contributed by atoms with Crippen molar-refractivity contribution in [1.82, 2.24) is 15.1 Å². The van der Waals surface area contributed by atoms with Crippen LogP contribution in [0, 0.1) is 0 Å². The molecule has 7 nitrogen and oxygen atoms in total. The van der Waals surface area contributed by atoms with Gasteiger partial charge in [0.2, 0.25) is 5.91 Å². The summed E-state index contributed by atoms with van der Waals surface area (Å²) < 4.78 is 7.22. The normalized spacial score (nSPS) is 18.8.